The fourth-order valence-electron chi connectivity index (χ4n) is 2.36. The quantitative estimate of drug-likeness (QED) is 0.901. The van der Waals surface area contributed by atoms with Crippen LogP contribution in [0.4, 0.5) is 0 Å². The average molecular weight is 295 g/mol. The van der Waals surface area contributed by atoms with E-state index in [2.05, 4.69) is 13.8 Å². The standard InChI is InChI=1S/C15H15ClO2S/c1-15(2)8-18-12-4-3-9(7-10(12)15)13(17)14-11(16)5-6-19-14/h3-7,13,17H,8H2,1-2H3. The minimum absolute atomic E-state index is 0.00962. The molecular weight excluding hydrogens is 280 g/mol. The Balaban J connectivity index is 2.02. The van der Waals surface area contributed by atoms with Gasteiger partial charge in [0.1, 0.15) is 11.9 Å². The second-order valence-corrected chi connectivity index (χ2v) is 6.82. The predicted molar refractivity (Wildman–Crippen MR) is 78.4 cm³/mol. The molecule has 0 aliphatic carbocycles. The normalized spacial score (nSPS) is 17.9. The number of thiophene rings is 1. The number of benzene rings is 1. The first-order chi connectivity index (χ1) is 8.99. The van der Waals surface area contributed by atoms with Gasteiger partial charge in [-0.25, -0.2) is 0 Å². The molecule has 0 bridgehead atoms. The third-order valence-corrected chi connectivity index (χ3v) is 4.94. The molecular formula is C15H15ClO2S. The molecule has 1 unspecified atom stereocenters. The van der Waals surface area contributed by atoms with Crippen molar-refractivity contribution >= 4 is 22.9 Å². The van der Waals surface area contributed by atoms with Crippen molar-refractivity contribution in [3.05, 3.63) is 50.7 Å². The Labute approximate surface area is 121 Å². The minimum Gasteiger partial charge on any atom is -0.492 e. The third kappa shape index (κ3) is 2.16. The molecule has 2 aromatic rings. The number of hydrogen-bond donors (Lipinski definition) is 1. The monoisotopic (exact) mass is 294 g/mol. The summed E-state index contributed by atoms with van der Waals surface area (Å²) in [5, 5.41) is 13.0. The highest BCUT2D eigenvalue weighted by atomic mass is 35.5. The summed E-state index contributed by atoms with van der Waals surface area (Å²) in [7, 11) is 0. The number of hydrogen-bond acceptors (Lipinski definition) is 3. The molecule has 1 N–H and O–H groups in total. The van der Waals surface area contributed by atoms with Gasteiger partial charge in [0.2, 0.25) is 0 Å². The molecule has 0 saturated heterocycles. The van der Waals surface area contributed by atoms with Crippen LogP contribution in [0.2, 0.25) is 5.02 Å². The maximum absolute atomic E-state index is 10.4. The predicted octanol–water partition coefficient (Wildman–Crippen LogP) is 4.15. The van der Waals surface area contributed by atoms with Crippen LogP contribution in [0.15, 0.2) is 29.6 Å². The van der Waals surface area contributed by atoms with E-state index in [1.807, 2.05) is 29.6 Å². The summed E-state index contributed by atoms with van der Waals surface area (Å²) >= 11 is 7.56. The van der Waals surface area contributed by atoms with Crippen LogP contribution < -0.4 is 4.74 Å². The molecule has 0 radical (unpaired) electrons. The minimum atomic E-state index is -0.672. The summed E-state index contributed by atoms with van der Waals surface area (Å²) in [6.07, 6.45) is -0.672. The van der Waals surface area contributed by atoms with Gasteiger partial charge in [-0.3, -0.25) is 0 Å². The Kier molecular flexibility index (Phi) is 3.08. The van der Waals surface area contributed by atoms with E-state index in [4.69, 9.17) is 16.3 Å². The van der Waals surface area contributed by atoms with Gasteiger partial charge in [-0.15, -0.1) is 11.3 Å². The second-order valence-electron chi connectivity index (χ2n) is 5.46. The zero-order chi connectivity index (χ0) is 13.6. The highest BCUT2D eigenvalue weighted by Crippen LogP contribution is 2.41. The molecule has 4 heteroatoms. The molecule has 3 rings (SSSR count). The van der Waals surface area contributed by atoms with E-state index in [1.165, 1.54) is 11.3 Å². The van der Waals surface area contributed by atoms with Gasteiger partial charge in [0.05, 0.1) is 16.5 Å². The molecule has 2 nitrogen and oxygen atoms in total. The van der Waals surface area contributed by atoms with Crippen LogP contribution in [0.3, 0.4) is 0 Å². The Morgan fingerprint density at radius 3 is 2.84 bits per heavy atom. The zero-order valence-electron chi connectivity index (χ0n) is 10.8. The first-order valence-corrected chi connectivity index (χ1v) is 7.43. The lowest BCUT2D eigenvalue weighted by molar-refractivity contribution is 0.224. The lowest BCUT2D eigenvalue weighted by Gasteiger charge is -2.17. The van der Waals surface area contributed by atoms with E-state index < -0.39 is 6.10 Å². The third-order valence-electron chi connectivity index (χ3n) is 3.53. The summed E-state index contributed by atoms with van der Waals surface area (Å²) in [6.45, 7) is 4.97. The molecule has 0 saturated carbocycles. The van der Waals surface area contributed by atoms with Gasteiger partial charge >= 0.3 is 0 Å². The van der Waals surface area contributed by atoms with Crippen molar-refractivity contribution in [2.75, 3.05) is 6.61 Å². The number of ether oxygens (including phenoxy) is 1. The maximum Gasteiger partial charge on any atom is 0.123 e. The fourth-order valence-corrected chi connectivity index (χ4v) is 3.53. The molecule has 1 aromatic carbocycles. The van der Waals surface area contributed by atoms with Crippen LogP contribution in [0.25, 0.3) is 0 Å². The van der Waals surface area contributed by atoms with Crippen molar-refractivity contribution in [1.82, 2.24) is 0 Å². The van der Waals surface area contributed by atoms with E-state index in [9.17, 15) is 5.11 Å². The number of rotatable bonds is 2. The lowest BCUT2D eigenvalue weighted by atomic mass is 9.85. The van der Waals surface area contributed by atoms with E-state index in [-0.39, 0.29) is 5.41 Å². The van der Waals surface area contributed by atoms with Crippen LogP contribution in [0.1, 0.15) is 36.0 Å². The SMILES string of the molecule is CC1(C)COc2ccc(C(O)c3sccc3Cl)cc21. The Bertz CT molecular complexity index is 618. The highest BCUT2D eigenvalue weighted by Gasteiger charge is 2.32. The zero-order valence-corrected chi connectivity index (χ0v) is 12.4. The van der Waals surface area contributed by atoms with Crippen LogP contribution in [0.5, 0.6) is 5.75 Å². The molecule has 0 spiro atoms. The molecule has 19 heavy (non-hydrogen) atoms. The van der Waals surface area contributed by atoms with Crippen LogP contribution >= 0.6 is 22.9 Å². The molecule has 1 aromatic heterocycles. The summed E-state index contributed by atoms with van der Waals surface area (Å²) in [5.74, 6) is 0.915. The molecule has 100 valence electrons. The van der Waals surface area contributed by atoms with Crippen LogP contribution in [-0.2, 0) is 5.41 Å². The van der Waals surface area contributed by atoms with Crippen LogP contribution in [-0.4, -0.2) is 11.7 Å². The molecule has 1 atom stereocenters. The fraction of sp³-hybridized carbons (Fsp3) is 0.333. The van der Waals surface area contributed by atoms with Crippen LogP contribution in [0, 0.1) is 0 Å². The first kappa shape index (κ1) is 13.0. The largest absolute Gasteiger partial charge is 0.492 e. The van der Waals surface area contributed by atoms with Gasteiger partial charge in [-0.05, 0) is 29.1 Å². The van der Waals surface area contributed by atoms with E-state index >= 15 is 0 Å². The Morgan fingerprint density at radius 1 is 1.37 bits per heavy atom. The highest BCUT2D eigenvalue weighted by molar-refractivity contribution is 7.10. The Hall–Kier alpha value is -1.03. The average Bonchev–Trinajstić information content (AvgIpc) is 2.93. The van der Waals surface area contributed by atoms with Gasteiger partial charge in [-0.1, -0.05) is 31.5 Å². The summed E-state index contributed by atoms with van der Waals surface area (Å²) in [6, 6.07) is 7.68. The van der Waals surface area contributed by atoms with Gasteiger partial charge < -0.3 is 9.84 Å². The van der Waals surface area contributed by atoms with Crippen molar-refractivity contribution in [3.8, 4) is 5.75 Å². The van der Waals surface area contributed by atoms with E-state index in [1.54, 1.807) is 0 Å². The van der Waals surface area contributed by atoms with E-state index in [0.717, 1.165) is 21.8 Å². The van der Waals surface area contributed by atoms with Crippen molar-refractivity contribution in [2.45, 2.75) is 25.4 Å². The lowest BCUT2D eigenvalue weighted by Crippen LogP contribution is -2.18. The molecule has 1 aliphatic rings. The maximum atomic E-state index is 10.4. The number of halogens is 1. The van der Waals surface area contributed by atoms with Crippen molar-refractivity contribution in [2.24, 2.45) is 0 Å². The Morgan fingerprint density at radius 2 is 2.16 bits per heavy atom. The molecule has 0 fully saturated rings. The summed E-state index contributed by atoms with van der Waals surface area (Å²) < 4.78 is 5.66. The van der Waals surface area contributed by atoms with Gasteiger partial charge in [-0.2, -0.15) is 0 Å². The number of aliphatic hydroxyl groups excluding tert-OH is 1. The molecule has 2 heterocycles. The van der Waals surface area contributed by atoms with Gasteiger partial charge in [0, 0.05) is 11.0 Å². The van der Waals surface area contributed by atoms with Gasteiger partial charge in [0.25, 0.3) is 0 Å². The summed E-state index contributed by atoms with van der Waals surface area (Å²) in [5.41, 5.74) is 2.00. The first-order valence-electron chi connectivity index (χ1n) is 6.17. The molecule has 0 amide bonds. The summed E-state index contributed by atoms with van der Waals surface area (Å²) in [4.78, 5) is 0.790. The van der Waals surface area contributed by atoms with Crippen molar-refractivity contribution in [3.63, 3.8) is 0 Å². The number of fused-ring (bicyclic) bond motifs is 1. The van der Waals surface area contributed by atoms with Crippen molar-refractivity contribution < 1.29 is 9.84 Å². The molecule has 1 aliphatic heterocycles. The van der Waals surface area contributed by atoms with Gasteiger partial charge in [0.15, 0.2) is 0 Å². The smallest absolute Gasteiger partial charge is 0.123 e. The topological polar surface area (TPSA) is 29.5 Å². The second kappa shape index (κ2) is 4.51. The van der Waals surface area contributed by atoms with Crippen molar-refractivity contribution in [1.29, 1.82) is 0 Å². The number of aliphatic hydroxyl groups is 1. The van der Waals surface area contributed by atoms with E-state index in [0.29, 0.717) is 11.6 Å².